The van der Waals surface area contributed by atoms with E-state index in [1.54, 1.807) is 0 Å². The van der Waals surface area contributed by atoms with Gasteiger partial charge in [0.2, 0.25) is 5.95 Å². The van der Waals surface area contributed by atoms with E-state index in [2.05, 4.69) is 20.3 Å². The van der Waals surface area contributed by atoms with E-state index in [-0.39, 0.29) is 17.1 Å². The van der Waals surface area contributed by atoms with Gasteiger partial charge in [0.15, 0.2) is 5.75 Å². The second-order valence-electron chi connectivity index (χ2n) is 4.65. The fraction of sp³-hybridized carbons (Fsp3) is 0. The number of pyridine rings is 1. The number of aromatic nitrogens is 3. The molecule has 2 aromatic heterocycles. The number of hydrogen-bond donors (Lipinski definition) is 1. The van der Waals surface area contributed by atoms with E-state index in [9.17, 15) is 13.6 Å². The van der Waals surface area contributed by atoms with Crippen LogP contribution in [0, 0.1) is 11.8 Å². The third kappa shape index (κ3) is 3.86. The van der Waals surface area contributed by atoms with Crippen LogP contribution >= 0.6 is 0 Å². The maximum absolute atomic E-state index is 13.7. The molecule has 120 valence electrons. The topological polar surface area (TPSA) is 77.0 Å². The first kappa shape index (κ1) is 15.5. The van der Waals surface area contributed by atoms with Crippen molar-refractivity contribution in [2.24, 2.45) is 0 Å². The first-order chi connectivity index (χ1) is 11.6. The predicted octanol–water partition coefficient (Wildman–Crippen LogP) is 3.19. The van der Waals surface area contributed by atoms with Crippen molar-refractivity contribution in [2.75, 3.05) is 5.32 Å². The molecule has 0 spiro atoms. The number of amides is 1. The molecule has 0 unspecified atom stereocenters. The van der Waals surface area contributed by atoms with Crippen molar-refractivity contribution in [1.29, 1.82) is 0 Å². The van der Waals surface area contributed by atoms with Crippen LogP contribution in [0.15, 0.2) is 55.1 Å². The number of benzene rings is 1. The largest absolute Gasteiger partial charge is 0.454 e. The van der Waals surface area contributed by atoms with Gasteiger partial charge in [-0.05, 0) is 24.3 Å². The number of rotatable bonds is 4. The van der Waals surface area contributed by atoms with Crippen molar-refractivity contribution < 1.29 is 18.3 Å². The summed E-state index contributed by atoms with van der Waals surface area (Å²) >= 11 is 0. The van der Waals surface area contributed by atoms with Gasteiger partial charge in [-0.25, -0.2) is 19.3 Å². The average Bonchev–Trinajstić information content (AvgIpc) is 2.55. The van der Waals surface area contributed by atoms with Crippen molar-refractivity contribution in [1.82, 2.24) is 15.0 Å². The maximum atomic E-state index is 13.7. The van der Waals surface area contributed by atoms with Gasteiger partial charge in [0, 0.05) is 11.6 Å². The van der Waals surface area contributed by atoms with Gasteiger partial charge in [0.05, 0.1) is 12.4 Å². The van der Waals surface area contributed by atoms with Gasteiger partial charge in [-0.2, -0.15) is 4.39 Å². The molecule has 3 aromatic rings. The highest BCUT2D eigenvalue weighted by atomic mass is 19.1. The van der Waals surface area contributed by atoms with Crippen molar-refractivity contribution in [3.63, 3.8) is 0 Å². The first-order valence-corrected chi connectivity index (χ1v) is 6.77. The SMILES string of the molecule is O=C(Nc1cccc(F)n1)c1cc(F)cc(Oc2cncnc2)c1. The lowest BCUT2D eigenvalue weighted by Crippen LogP contribution is -2.13. The standard InChI is InChI=1S/C16H10F2N4O2/c17-11-4-10(16(23)22-15-3-1-2-14(18)21-15)5-12(6-11)24-13-7-19-9-20-8-13/h1-9H,(H,21,22,23). The summed E-state index contributed by atoms with van der Waals surface area (Å²) in [7, 11) is 0. The second kappa shape index (κ2) is 6.78. The van der Waals surface area contributed by atoms with E-state index < -0.39 is 17.7 Å². The number of anilines is 1. The molecule has 0 radical (unpaired) electrons. The van der Waals surface area contributed by atoms with Crippen LogP contribution < -0.4 is 10.1 Å². The van der Waals surface area contributed by atoms with Crippen LogP contribution in [0.2, 0.25) is 0 Å². The number of halogens is 2. The molecule has 0 saturated heterocycles. The minimum Gasteiger partial charge on any atom is -0.454 e. The third-order valence-electron chi connectivity index (χ3n) is 2.86. The Balaban J connectivity index is 1.81. The summed E-state index contributed by atoms with van der Waals surface area (Å²) in [5.74, 6) is -1.64. The van der Waals surface area contributed by atoms with Gasteiger partial charge in [-0.1, -0.05) is 6.07 Å². The van der Waals surface area contributed by atoms with Gasteiger partial charge >= 0.3 is 0 Å². The summed E-state index contributed by atoms with van der Waals surface area (Å²) in [5.41, 5.74) is -0.00656. The Morgan fingerprint density at radius 1 is 1.04 bits per heavy atom. The number of nitrogens with zero attached hydrogens (tertiary/aromatic N) is 3. The minimum absolute atomic E-state index is 0.00656. The highest BCUT2D eigenvalue weighted by molar-refractivity contribution is 6.04. The zero-order chi connectivity index (χ0) is 16.9. The molecule has 0 atom stereocenters. The van der Waals surface area contributed by atoms with Gasteiger partial charge in [-0.15, -0.1) is 0 Å². The fourth-order valence-electron chi connectivity index (χ4n) is 1.89. The summed E-state index contributed by atoms with van der Waals surface area (Å²) < 4.78 is 32.2. The average molecular weight is 328 g/mol. The van der Waals surface area contributed by atoms with Crippen LogP contribution in [0.25, 0.3) is 0 Å². The van der Waals surface area contributed by atoms with Crippen molar-refractivity contribution in [3.05, 3.63) is 72.4 Å². The smallest absolute Gasteiger partial charge is 0.257 e. The number of nitrogens with one attached hydrogen (secondary N) is 1. The molecule has 8 heteroatoms. The summed E-state index contributed by atoms with van der Waals surface area (Å²) in [6.07, 6.45) is 4.12. The summed E-state index contributed by atoms with van der Waals surface area (Å²) in [4.78, 5) is 23.2. The Kier molecular flexibility index (Phi) is 4.37. The van der Waals surface area contributed by atoms with E-state index in [1.165, 1.54) is 36.9 Å². The highest BCUT2D eigenvalue weighted by Crippen LogP contribution is 2.23. The Morgan fingerprint density at radius 3 is 2.58 bits per heavy atom. The molecule has 0 fully saturated rings. The van der Waals surface area contributed by atoms with E-state index >= 15 is 0 Å². The molecule has 0 aliphatic carbocycles. The van der Waals surface area contributed by atoms with Crippen LogP contribution in [0.3, 0.4) is 0 Å². The van der Waals surface area contributed by atoms with Crippen molar-refractivity contribution in [3.8, 4) is 11.5 Å². The highest BCUT2D eigenvalue weighted by Gasteiger charge is 2.12. The van der Waals surface area contributed by atoms with Gasteiger partial charge in [0.25, 0.3) is 5.91 Å². The number of hydrogen-bond acceptors (Lipinski definition) is 5. The monoisotopic (exact) mass is 328 g/mol. The second-order valence-corrected chi connectivity index (χ2v) is 4.65. The number of carbonyl (C=O) groups excluding carboxylic acids is 1. The molecule has 1 aromatic carbocycles. The Labute approximate surface area is 135 Å². The summed E-state index contributed by atoms with van der Waals surface area (Å²) in [6, 6.07) is 7.44. The van der Waals surface area contributed by atoms with Crippen molar-refractivity contribution >= 4 is 11.7 Å². The Hall–Kier alpha value is -3.42. The van der Waals surface area contributed by atoms with Crippen LogP contribution in [-0.2, 0) is 0 Å². The molecule has 0 bridgehead atoms. The van der Waals surface area contributed by atoms with Gasteiger partial charge < -0.3 is 10.1 Å². The molecule has 6 nitrogen and oxygen atoms in total. The van der Waals surface area contributed by atoms with E-state index in [0.29, 0.717) is 5.75 Å². The molecule has 3 rings (SSSR count). The van der Waals surface area contributed by atoms with E-state index in [1.807, 2.05) is 0 Å². The van der Waals surface area contributed by atoms with Crippen LogP contribution in [0.4, 0.5) is 14.6 Å². The maximum Gasteiger partial charge on any atom is 0.257 e. The van der Waals surface area contributed by atoms with Gasteiger partial charge in [-0.3, -0.25) is 4.79 Å². The first-order valence-electron chi connectivity index (χ1n) is 6.77. The molecule has 1 amide bonds. The predicted molar refractivity (Wildman–Crippen MR) is 80.7 cm³/mol. The lowest BCUT2D eigenvalue weighted by atomic mass is 10.2. The number of carbonyl (C=O) groups is 1. The minimum atomic E-state index is -0.736. The molecular weight excluding hydrogens is 318 g/mol. The Morgan fingerprint density at radius 2 is 1.83 bits per heavy atom. The van der Waals surface area contributed by atoms with Crippen LogP contribution in [-0.4, -0.2) is 20.9 Å². The van der Waals surface area contributed by atoms with E-state index in [0.717, 1.165) is 18.2 Å². The quantitative estimate of drug-likeness (QED) is 0.744. The molecule has 0 aliphatic heterocycles. The Bertz CT molecular complexity index is 875. The zero-order valence-corrected chi connectivity index (χ0v) is 12.1. The number of ether oxygens (including phenoxy) is 1. The van der Waals surface area contributed by atoms with E-state index in [4.69, 9.17) is 4.74 Å². The molecule has 0 saturated carbocycles. The summed E-state index contributed by atoms with van der Waals surface area (Å²) in [6.45, 7) is 0. The third-order valence-corrected chi connectivity index (χ3v) is 2.86. The lowest BCUT2D eigenvalue weighted by molar-refractivity contribution is 0.102. The molecule has 2 heterocycles. The van der Waals surface area contributed by atoms with Crippen molar-refractivity contribution in [2.45, 2.75) is 0 Å². The zero-order valence-electron chi connectivity index (χ0n) is 12.1. The molecule has 1 N–H and O–H groups in total. The lowest BCUT2D eigenvalue weighted by Gasteiger charge is -2.08. The van der Waals surface area contributed by atoms with Gasteiger partial charge in [0.1, 0.15) is 23.7 Å². The van der Waals surface area contributed by atoms with Crippen LogP contribution in [0.5, 0.6) is 11.5 Å². The molecule has 0 aliphatic rings. The summed E-state index contributed by atoms with van der Waals surface area (Å²) in [5, 5.41) is 2.38. The fourth-order valence-corrected chi connectivity index (χ4v) is 1.89. The van der Waals surface area contributed by atoms with Crippen LogP contribution in [0.1, 0.15) is 10.4 Å². The molecule has 24 heavy (non-hydrogen) atoms. The molecular formula is C16H10F2N4O2. The normalized spacial score (nSPS) is 10.2.